The van der Waals surface area contributed by atoms with E-state index in [0.29, 0.717) is 19.0 Å². The summed E-state index contributed by atoms with van der Waals surface area (Å²) in [7, 11) is 0. The lowest BCUT2D eigenvalue weighted by Crippen LogP contribution is -2.50. The van der Waals surface area contributed by atoms with Crippen molar-refractivity contribution in [3.63, 3.8) is 0 Å². The first kappa shape index (κ1) is 12.8. The van der Waals surface area contributed by atoms with Crippen LogP contribution < -0.4 is 0 Å². The second-order valence-corrected chi connectivity index (χ2v) is 4.84. The molecule has 1 saturated heterocycles. The van der Waals surface area contributed by atoms with Crippen molar-refractivity contribution in [3.05, 3.63) is 0 Å². The molecule has 0 aromatic heterocycles. The highest BCUT2D eigenvalue weighted by atomic mass is 35.5. The molecule has 88 valence electrons. The lowest BCUT2D eigenvalue weighted by atomic mass is 10.0. The van der Waals surface area contributed by atoms with Gasteiger partial charge in [0.15, 0.2) is 0 Å². The molecule has 1 fully saturated rings. The van der Waals surface area contributed by atoms with Crippen molar-refractivity contribution >= 4 is 17.5 Å². The zero-order valence-corrected chi connectivity index (χ0v) is 10.5. The van der Waals surface area contributed by atoms with E-state index < -0.39 is 5.60 Å². The van der Waals surface area contributed by atoms with Gasteiger partial charge in [-0.15, -0.1) is 11.6 Å². The molecule has 0 aromatic rings. The molecule has 0 N–H and O–H groups in total. The van der Waals surface area contributed by atoms with Crippen molar-refractivity contribution in [1.29, 1.82) is 0 Å². The number of hydrogen-bond donors (Lipinski definition) is 0. The smallest absolute Gasteiger partial charge is 0.254 e. The Morgan fingerprint density at radius 3 is 2.67 bits per heavy atom. The zero-order valence-electron chi connectivity index (χ0n) is 9.75. The molecule has 1 heterocycles. The second kappa shape index (κ2) is 5.17. The van der Waals surface area contributed by atoms with Gasteiger partial charge >= 0.3 is 0 Å². The Morgan fingerprint density at radius 2 is 2.27 bits per heavy atom. The SMILES string of the molecule is CC(C)N(CCCl)C(=O)C1(C)CCCO1. The van der Waals surface area contributed by atoms with E-state index in [1.807, 2.05) is 20.8 Å². The van der Waals surface area contributed by atoms with Crippen LogP contribution in [0.2, 0.25) is 0 Å². The van der Waals surface area contributed by atoms with Crippen LogP contribution in [0.1, 0.15) is 33.6 Å². The monoisotopic (exact) mass is 233 g/mol. The number of alkyl halides is 1. The van der Waals surface area contributed by atoms with Gasteiger partial charge in [0.2, 0.25) is 0 Å². The summed E-state index contributed by atoms with van der Waals surface area (Å²) in [5.41, 5.74) is -0.615. The van der Waals surface area contributed by atoms with Crippen LogP contribution in [0.25, 0.3) is 0 Å². The molecule has 15 heavy (non-hydrogen) atoms. The minimum absolute atomic E-state index is 0.0793. The molecule has 0 spiro atoms. The third-order valence-corrected chi connectivity index (χ3v) is 3.05. The minimum Gasteiger partial charge on any atom is -0.365 e. The Hall–Kier alpha value is -0.280. The number of amides is 1. The van der Waals surface area contributed by atoms with Gasteiger partial charge in [0.05, 0.1) is 0 Å². The van der Waals surface area contributed by atoms with E-state index in [1.165, 1.54) is 0 Å². The van der Waals surface area contributed by atoms with E-state index in [0.717, 1.165) is 12.8 Å². The number of halogens is 1. The van der Waals surface area contributed by atoms with Crippen LogP contribution in [0.5, 0.6) is 0 Å². The fraction of sp³-hybridized carbons (Fsp3) is 0.909. The fourth-order valence-corrected chi connectivity index (χ4v) is 2.12. The number of ether oxygens (including phenoxy) is 1. The molecule has 0 aromatic carbocycles. The summed E-state index contributed by atoms with van der Waals surface area (Å²) in [4.78, 5) is 14.0. The number of carbonyl (C=O) groups is 1. The number of nitrogens with zero attached hydrogens (tertiary/aromatic N) is 1. The topological polar surface area (TPSA) is 29.5 Å². The number of rotatable bonds is 4. The van der Waals surface area contributed by atoms with Crippen molar-refractivity contribution in [2.75, 3.05) is 19.0 Å². The largest absolute Gasteiger partial charge is 0.365 e. The van der Waals surface area contributed by atoms with Crippen LogP contribution in [-0.2, 0) is 9.53 Å². The van der Waals surface area contributed by atoms with E-state index in [9.17, 15) is 4.79 Å². The summed E-state index contributed by atoms with van der Waals surface area (Å²) >= 11 is 5.70. The maximum Gasteiger partial charge on any atom is 0.254 e. The highest BCUT2D eigenvalue weighted by Gasteiger charge is 2.40. The summed E-state index contributed by atoms with van der Waals surface area (Å²) in [6, 6.07) is 0.178. The predicted octanol–water partition coefficient (Wildman–Crippen LogP) is 2.03. The molecule has 1 aliphatic rings. The maximum atomic E-state index is 12.2. The summed E-state index contributed by atoms with van der Waals surface area (Å²) in [5.74, 6) is 0.552. The molecule has 4 heteroatoms. The van der Waals surface area contributed by atoms with Crippen LogP contribution >= 0.6 is 11.6 Å². The summed E-state index contributed by atoms with van der Waals surface area (Å²) < 4.78 is 5.55. The fourth-order valence-electron chi connectivity index (χ4n) is 1.94. The average Bonchev–Trinajstić information content (AvgIpc) is 2.61. The van der Waals surface area contributed by atoms with Gasteiger partial charge in [-0.2, -0.15) is 0 Å². The van der Waals surface area contributed by atoms with Crippen LogP contribution in [0.15, 0.2) is 0 Å². The van der Waals surface area contributed by atoms with Gasteiger partial charge in [0, 0.05) is 25.1 Å². The summed E-state index contributed by atoms with van der Waals surface area (Å²) in [6.45, 7) is 7.17. The predicted molar refractivity (Wildman–Crippen MR) is 61.2 cm³/mol. The lowest BCUT2D eigenvalue weighted by Gasteiger charge is -2.33. The maximum absolute atomic E-state index is 12.2. The van der Waals surface area contributed by atoms with E-state index in [4.69, 9.17) is 16.3 Å². The number of hydrogen-bond acceptors (Lipinski definition) is 2. The van der Waals surface area contributed by atoms with Crippen LogP contribution in [0, 0.1) is 0 Å². The van der Waals surface area contributed by atoms with Crippen molar-refractivity contribution < 1.29 is 9.53 Å². The van der Waals surface area contributed by atoms with Crippen LogP contribution in [0.3, 0.4) is 0 Å². The Kier molecular flexibility index (Phi) is 4.41. The normalized spacial score (nSPS) is 25.9. The zero-order chi connectivity index (χ0) is 11.5. The van der Waals surface area contributed by atoms with Gasteiger partial charge in [0.1, 0.15) is 5.60 Å². The third-order valence-electron chi connectivity index (χ3n) is 2.88. The first-order valence-electron chi connectivity index (χ1n) is 5.52. The average molecular weight is 234 g/mol. The van der Waals surface area contributed by atoms with Crippen molar-refractivity contribution in [1.82, 2.24) is 4.90 Å². The quantitative estimate of drug-likeness (QED) is 0.696. The molecule has 3 nitrogen and oxygen atoms in total. The van der Waals surface area contributed by atoms with E-state index >= 15 is 0 Å². The summed E-state index contributed by atoms with van der Waals surface area (Å²) in [6.07, 6.45) is 1.78. The molecule has 1 aliphatic heterocycles. The number of carbonyl (C=O) groups excluding carboxylic acids is 1. The van der Waals surface area contributed by atoms with Gasteiger partial charge in [-0.3, -0.25) is 4.79 Å². The molecule has 1 unspecified atom stereocenters. The van der Waals surface area contributed by atoms with Crippen molar-refractivity contribution in [2.24, 2.45) is 0 Å². The highest BCUT2D eigenvalue weighted by Crippen LogP contribution is 2.27. The van der Waals surface area contributed by atoms with Crippen LogP contribution in [-0.4, -0.2) is 41.5 Å². The van der Waals surface area contributed by atoms with Gasteiger partial charge < -0.3 is 9.64 Å². The Bertz CT molecular complexity index is 225. The van der Waals surface area contributed by atoms with E-state index in [2.05, 4.69) is 0 Å². The molecule has 0 saturated carbocycles. The molecular formula is C11H20ClNO2. The minimum atomic E-state index is -0.615. The molecule has 0 aliphatic carbocycles. The lowest BCUT2D eigenvalue weighted by molar-refractivity contribution is -0.152. The van der Waals surface area contributed by atoms with Crippen molar-refractivity contribution in [2.45, 2.75) is 45.3 Å². The third kappa shape index (κ3) is 2.85. The molecular weight excluding hydrogens is 214 g/mol. The van der Waals surface area contributed by atoms with Gasteiger partial charge in [-0.25, -0.2) is 0 Å². The van der Waals surface area contributed by atoms with E-state index in [1.54, 1.807) is 4.90 Å². The highest BCUT2D eigenvalue weighted by molar-refractivity contribution is 6.18. The first-order chi connectivity index (χ1) is 7.01. The van der Waals surface area contributed by atoms with Gasteiger partial charge in [-0.1, -0.05) is 0 Å². The first-order valence-corrected chi connectivity index (χ1v) is 6.05. The Morgan fingerprint density at radius 1 is 1.60 bits per heavy atom. The molecule has 1 rings (SSSR count). The Labute approximate surface area is 96.7 Å². The standard InChI is InChI=1S/C11H20ClNO2/c1-9(2)13(7-6-12)10(14)11(3)5-4-8-15-11/h9H,4-8H2,1-3H3. The van der Waals surface area contributed by atoms with Crippen LogP contribution in [0.4, 0.5) is 0 Å². The second-order valence-electron chi connectivity index (χ2n) is 4.46. The molecule has 0 radical (unpaired) electrons. The summed E-state index contributed by atoms with van der Waals surface area (Å²) in [5, 5.41) is 0. The molecule has 1 amide bonds. The molecule has 0 bridgehead atoms. The van der Waals surface area contributed by atoms with Gasteiger partial charge in [-0.05, 0) is 33.6 Å². The molecule has 1 atom stereocenters. The van der Waals surface area contributed by atoms with Gasteiger partial charge in [0.25, 0.3) is 5.91 Å². The van der Waals surface area contributed by atoms with Crippen molar-refractivity contribution in [3.8, 4) is 0 Å². The van der Waals surface area contributed by atoms with E-state index in [-0.39, 0.29) is 11.9 Å². The Balaban J connectivity index is 2.70.